The number of rotatable bonds is 2. The minimum atomic E-state index is 0.154. The topological polar surface area (TPSA) is 44.9 Å². The summed E-state index contributed by atoms with van der Waals surface area (Å²) in [6, 6.07) is 7.93. The fraction of sp³-hybridized carbons (Fsp3) is 0.250. The summed E-state index contributed by atoms with van der Waals surface area (Å²) in [4.78, 5) is 14.7. The molecule has 0 aliphatic heterocycles. The largest absolute Gasteiger partial charge is 0.361 e. The third-order valence-electron chi connectivity index (χ3n) is 2.77. The molecule has 1 aliphatic carbocycles. The number of H-pyrrole nitrogens is 1. The van der Waals surface area contributed by atoms with Crippen LogP contribution in [0, 0.1) is 5.92 Å². The Kier molecular flexibility index (Phi) is 1.78. The number of fused-ring (bicyclic) bond motifs is 1. The summed E-state index contributed by atoms with van der Waals surface area (Å²) in [7, 11) is 0. The van der Waals surface area contributed by atoms with Crippen molar-refractivity contribution >= 4 is 22.5 Å². The Morgan fingerprint density at radius 3 is 3.00 bits per heavy atom. The minimum absolute atomic E-state index is 0.154. The van der Waals surface area contributed by atoms with Crippen LogP contribution in [-0.2, 0) is 4.79 Å². The second kappa shape index (κ2) is 3.12. The van der Waals surface area contributed by atoms with E-state index < -0.39 is 0 Å². The molecule has 0 unspecified atom stereocenters. The highest BCUT2D eigenvalue weighted by molar-refractivity contribution is 5.96. The zero-order valence-corrected chi connectivity index (χ0v) is 8.29. The van der Waals surface area contributed by atoms with E-state index in [4.69, 9.17) is 0 Å². The first-order chi connectivity index (χ1) is 7.33. The number of aromatic nitrogens is 1. The van der Waals surface area contributed by atoms with Crippen LogP contribution in [0.3, 0.4) is 0 Å². The Balaban J connectivity index is 1.86. The summed E-state index contributed by atoms with van der Waals surface area (Å²) in [5, 5.41) is 4.09. The van der Waals surface area contributed by atoms with Crippen molar-refractivity contribution in [2.45, 2.75) is 12.8 Å². The molecule has 76 valence electrons. The summed E-state index contributed by atoms with van der Waals surface area (Å²) >= 11 is 0. The Hall–Kier alpha value is -1.77. The number of anilines is 1. The molecule has 0 spiro atoms. The van der Waals surface area contributed by atoms with Crippen LogP contribution < -0.4 is 5.32 Å². The van der Waals surface area contributed by atoms with Gasteiger partial charge >= 0.3 is 0 Å². The van der Waals surface area contributed by atoms with Crippen molar-refractivity contribution < 1.29 is 4.79 Å². The van der Waals surface area contributed by atoms with E-state index in [0.717, 1.165) is 24.0 Å². The number of carbonyl (C=O) groups excluding carboxylic acids is 1. The molecule has 0 atom stereocenters. The third kappa shape index (κ3) is 1.61. The predicted molar refractivity (Wildman–Crippen MR) is 59.7 cm³/mol. The van der Waals surface area contributed by atoms with E-state index in [9.17, 15) is 4.79 Å². The van der Waals surface area contributed by atoms with Crippen molar-refractivity contribution in [2.75, 3.05) is 5.32 Å². The predicted octanol–water partition coefficient (Wildman–Crippen LogP) is 2.52. The van der Waals surface area contributed by atoms with Crippen molar-refractivity contribution in [1.29, 1.82) is 0 Å². The molecule has 0 radical (unpaired) electrons. The minimum Gasteiger partial charge on any atom is -0.361 e. The number of benzene rings is 1. The van der Waals surface area contributed by atoms with E-state index in [-0.39, 0.29) is 11.8 Å². The Bertz CT molecular complexity index is 511. The average Bonchev–Trinajstić information content (AvgIpc) is 2.98. The number of hydrogen-bond donors (Lipinski definition) is 2. The number of carbonyl (C=O) groups is 1. The molecule has 1 amide bonds. The number of aromatic amines is 1. The highest BCUT2D eigenvalue weighted by Crippen LogP contribution is 2.30. The normalized spacial score (nSPS) is 15.5. The zero-order valence-electron chi connectivity index (χ0n) is 8.29. The monoisotopic (exact) mass is 200 g/mol. The van der Waals surface area contributed by atoms with Crippen LogP contribution >= 0.6 is 0 Å². The summed E-state index contributed by atoms with van der Waals surface area (Å²) in [6.45, 7) is 0. The molecule has 1 aliphatic rings. The first-order valence-electron chi connectivity index (χ1n) is 5.21. The number of nitrogens with one attached hydrogen (secondary N) is 2. The van der Waals surface area contributed by atoms with Crippen LogP contribution in [-0.4, -0.2) is 10.9 Å². The summed E-state index contributed by atoms with van der Waals surface area (Å²) in [5.74, 6) is 0.408. The molecule has 1 heterocycles. The van der Waals surface area contributed by atoms with Gasteiger partial charge in [-0.05, 0) is 36.4 Å². The molecule has 15 heavy (non-hydrogen) atoms. The van der Waals surface area contributed by atoms with Crippen molar-refractivity contribution in [3.63, 3.8) is 0 Å². The van der Waals surface area contributed by atoms with Gasteiger partial charge in [0.05, 0.1) is 0 Å². The van der Waals surface area contributed by atoms with Gasteiger partial charge in [0.15, 0.2) is 0 Å². The molecular weight excluding hydrogens is 188 g/mol. The lowest BCUT2D eigenvalue weighted by atomic mass is 10.2. The van der Waals surface area contributed by atoms with E-state index in [1.165, 1.54) is 5.39 Å². The highest BCUT2D eigenvalue weighted by Gasteiger charge is 2.29. The molecular formula is C12H12N2O. The first-order valence-corrected chi connectivity index (χ1v) is 5.21. The van der Waals surface area contributed by atoms with Gasteiger partial charge in [-0.2, -0.15) is 0 Å². The molecule has 1 fully saturated rings. The van der Waals surface area contributed by atoms with Crippen LogP contribution in [0.5, 0.6) is 0 Å². The van der Waals surface area contributed by atoms with Gasteiger partial charge in [-0.25, -0.2) is 0 Å². The second-order valence-corrected chi connectivity index (χ2v) is 4.04. The van der Waals surface area contributed by atoms with Gasteiger partial charge in [-0.15, -0.1) is 0 Å². The van der Waals surface area contributed by atoms with E-state index >= 15 is 0 Å². The van der Waals surface area contributed by atoms with E-state index in [1.807, 2.05) is 30.5 Å². The van der Waals surface area contributed by atoms with Gasteiger partial charge in [-0.1, -0.05) is 6.07 Å². The zero-order chi connectivity index (χ0) is 10.3. The maximum Gasteiger partial charge on any atom is 0.227 e. The Morgan fingerprint density at radius 2 is 2.20 bits per heavy atom. The van der Waals surface area contributed by atoms with Gasteiger partial charge in [0.25, 0.3) is 0 Å². The summed E-state index contributed by atoms with van der Waals surface area (Å²) in [5.41, 5.74) is 1.94. The van der Waals surface area contributed by atoms with Crippen molar-refractivity contribution in [2.24, 2.45) is 5.92 Å². The fourth-order valence-corrected chi connectivity index (χ4v) is 1.72. The van der Waals surface area contributed by atoms with Crippen molar-refractivity contribution in [3.8, 4) is 0 Å². The number of amides is 1. The molecule has 3 rings (SSSR count). The van der Waals surface area contributed by atoms with Gasteiger partial charge in [-0.3, -0.25) is 4.79 Å². The first kappa shape index (κ1) is 8.53. The molecule has 2 aromatic rings. The van der Waals surface area contributed by atoms with Gasteiger partial charge in [0.2, 0.25) is 5.91 Å². The SMILES string of the molecule is O=C(Nc1ccc2cc[nH]c2c1)C1CC1. The lowest BCUT2D eigenvalue weighted by Gasteiger charge is -2.03. The van der Waals surface area contributed by atoms with Crippen LogP contribution in [0.15, 0.2) is 30.5 Å². The van der Waals surface area contributed by atoms with Crippen molar-refractivity contribution in [1.82, 2.24) is 4.98 Å². The quantitative estimate of drug-likeness (QED) is 0.768. The van der Waals surface area contributed by atoms with Crippen LogP contribution in [0.25, 0.3) is 10.9 Å². The molecule has 3 heteroatoms. The summed E-state index contributed by atoms with van der Waals surface area (Å²) in [6.07, 6.45) is 3.98. The third-order valence-corrected chi connectivity index (χ3v) is 2.77. The smallest absolute Gasteiger partial charge is 0.227 e. The molecule has 0 saturated heterocycles. The van der Waals surface area contributed by atoms with Crippen molar-refractivity contribution in [3.05, 3.63) is 30.5 Å². The highest BCUT2D eigenvalue weighted by atomic mass is 16.2. The van der Waals surface area contributed by atoms with Crippen LogP contribution in [0.2, 0.25) is 0 Å². The maximum atomic E-state index is 11.5. The molecule has 1 aromatic carbocycles. The lowest BCUT2D eigenvalue weighted by Crippen LogP contribution is -2.12. The standard InChI is InChI=1S/C12H12N2O/c15-12(9-1-2-9)14-10-4-3-8-5-6-13-11(8)7-10/h3-7,9,13H,1-2H2,(H,14,15). The molecule has 0 bridgehead atoms. The van der Waals surface area contributed by atoms with Gasteiger partial charge in [0.1, 0.15) is 0 Å². The summed E-state index contributed by atoms with van der Waals surface area (Å²) < 4.78 is 0. The molecule has 2 N–H and O–H groups in total. The van der Waals surface area contributed by atoms with Crippen LogP contribution in [0.4, 0.5) is 5.69 Å². The molecule has 1 saturated carbocycles. The fourth-order valence-electron chi connectivity index (χ4n) is 1.72. The molecule has 1 aromatic heterocycles. The average molecular weight is 200 g/mol. The maximum absolute atomic E-state index is 11.5. The van der Waals surface area contributed by atoms with Gasteiger partial charge in [0, 0.05) is 23.3 Å². The molecule has 3 nitrogen and oxygen atoms in total. The second-order valence-electron chi connectivity index (χ2n) is 4.04. The van der Waals surface area contributed by atoms with E-state index in [1.54, 1.807) is 0 Å². The van der Waals surface area contributed by atoms with E-state index in [0.29, 0.717) is 0 Å². The Labute approximate surface area is 87.5 Å². The number of hydrogen-bond acceptors (Lipinski definition) is 1. The Morgan fingerprint density at radius 1 is 1.33 bits per heavy atom. The van der Waals surface area contributed by atoms with Gasteiger partial charge < -0.3 is 10.3 Å². The van der Waals surface area contributed by atoms with E-state index in [2.05, 4.69) is 10.3 Å². The van der Waals surface area contributed by atoms with Crippen LogP contribution in [0.1, 0.15) is 12.8 Å². The lowest BCUT2D eigenvalue weighted by molar-refractivity contribution is -0.117.